The summed E-state index contributed by atoms with van der Waals surface area (Å²) in [4.78, 5) is 17.9. The first-order chi connectivity index (χ1) is 13.1. The first-order valence-corrected chi connectivity index (χ1v) is 9.82. The lowest BCUT2D eigenvalue weighted by Gasteiger charge is -2.28. The normalized spacial score (nSPS) is 14.5. The number of piperidine rings is 1. The van der Waals surface area contributed by atoms with E-state index in [2.05, 4.69) is 52.5 Å². The Morgan fingerprint density at radius 2 is 1.74 bits per heavy atom. The SMILES string of the molecule is Cc1cc(C)c2cc(CNc3ccc(N4CCCCC4)cc3)c(=O)[nH]c2c1. The average molecular weight is 361 g/mol. The summed E-state index contributed by atoms with van der Waals surface area (Å²) in [5, 5.41) is 4.50. The van der Waals surface area contributed by atoms with Gasteiger partial charge >= 0.3 is 0 Å². The Morgan fingerprint density at radius 1 is 1.00 bits per heavy atom. The van der Waals surface area contributed by atoms with Crippen LogP contribution in [0.3, 0.4) is 0 Å². The molecule has 0 saturated carbocycles. The number of pyridine rings is 1. The van der Waals surface area contributed by atoms with Crippen LogP contribution in [0, 0.1) is 13.8 Å². The number of benzene rings is 2. The van der Waals surface area contributed by atoms with Crippen molar-refractivity contribution in [3.05, 3.63) is 69.5 Å². The second-order valence-electron chi connectivity index (χ2n) is 7.61. The molecule has 3 aromatic rings. The van der Waals surface area contributed by atoms with E-state index in [1.807, 2.05) is 19.1 Å². The monoisotopic (exact) mass is 361 g/mol. The molecule has 0 amide bonds. The lowest BCUT2D eigenvalue weighted by atomic mass is 10.0. The highest BCUT2D eigenvalue weighted by Crippen LogP contribution is 2.22. The molecule has 2 N–H and O–H groups in total. The average Bonchev–Trinajstić information content (AvgIpc) is 2.67. The molecule has 0 bridgehead atoms. The van der Waals surface area contributed by atoms with Crippen molar-refractivity contribution in [2.75, 3.05) is 23.3 Å². The van der Waals surface area contributed by atoms with Gasteiger partial charge in [-0.15, -0.1) is 0 Å². The molecule has 1 aliphatic rings. The van der Waals surface area contributed by atoms with Crippen molar-refractivity contribution in [3.8, 4) is 0 Å². The summed E-state index contributed by atoms with van der Waals surface area (Å²) in [6.45, 7) is 6.95. The van der Waals surface area contributed by atoms with Gasteiger partial charge in [0.2, 0.25) is 0 Å². The fraction of sp³-hybridized carbons (Fsp3) is 0.348. The van der Waals surface area contributed by atoms with Gasteiger partial charge in [-0.25, -0.2) is 0 Å². The summed E-state index contributed by atoms with van der Waals surface area (Å²) in [7, 11) is 0. The molecule has 140 valence electrons. The van der Waals surface area contributed by atoms with Crippen LogP contribution in [-0.4, -0.2) is 18.1 Å². The van der Waals surface area contributed by atoms with Crippen LogP contribution in [0.4, 0.5) is 11.4 Å². The van der Waals surface area contributed by atoms with E-state index in [-0.39, 0.29) is 5.56 Å². The van der Waals surface area contributed by atoms with Crippen molar-refractivity contribution < 1.29 is 0 Å². The molecule has 0 radical (unpaired) electrons. The Hall–Kier alpha value is -2.75. The highest BCUT2D eigenvalue weighted by molar-refractivity contribution is 5.83. The molecule has 0 aliphatic carbocycles. The molecule has 2 heterocycles. The van der Waals surface area contributed by atoms with Crippen molar-refractivity contribution in [2.45, 2.75) is 39.7 Å². The molecular formula is C23H27N3O. The van der Waals surface area contributed by atoms with E-state index in [4.69, 9.17) is 0 Å². The Bertz CT molecular complexity index is 999. The number of rotatable bonds is 4. The molecule has 1 fully saturated rings. The van der Waals surface area contributed by atoms with Crippen LogP contribution in [0.15, 0.2) is 47.3 Å². The highest BCUT2D eigenvalue weighted by Gasteiger charge is 2.11. The quantitative estimate of drug-likeness (QED) is 0.705. The van der Waals surface area contributed by atoms with E-state index in [1.165, 1.54) is 30.5 Å². The topological polar surface area (TPSA) is 48.1 Å². The molecule has 0 spiro atoms. The first-order valence-electron chi connectivity index (χ1n) is 9.82. The van der Waals surface area contributed by atoms with E-state index in [0.717, 1.165) is 40.8 Å². The van der Waals surface area contributed by atoms with Gasteiger partial charge in [0.05, 0.1) is 0 Å². The number of hydrogen-bond acceptors (Lipinski definition) is 3. The Labute approximate surface area is 160 Å². The molecular weight excluding hydrogens is 334 g/mol. The number of fused-ring (bicyclic) bond motifs is 1. The van der Waals surface area contributed by atoms with Crippen LogP contribution < -0.4 is 15.8 Å². The summed E-state index contributed by atoms with van der Waals surface area (Å²) < 4.78 is 0. The summed E-state index contributed by atoms with van der Waals surface area (Å²) in [6, 6.07) is 14.7. The highest BCUT2D eigenvalue weighted by atomic mass is 16.1. The van der Waals surface area contributed by atoms with Crippen LogP contribution in [0.5, 0.6) is 0 Å². The summed E-state index contributed by atoms with van der Waals surface area (Å²) in [5.74, 6) is 0. The molecule has 2 aromatic carbocycles. The summed E-state index contributed by atoms with van der Waals surface area (Å²) >= 11 is 0. The molecule has 4 nitrogen and oxygen atoms in total. The van der Waals surface area contributed by atoms with E-state index >= 15 is 0 Å². The van der Waals surface area contributed by atoms with Gasteiger partial charge in [0, 0.05) is 47.5 Å². The second kappa shape index (κ2) is 7.47. The predicted molar refractivity (Wildman–Crippen MR) is 114 cm³/mol. The van der Waals surface area contributed by atoms with Gasteiger partial charge in [0.15, 0.2) is 0 Å². The molecule has 27 heavy (non-hydrogen) atoms. The van der Waals surface area contributed by atoms with E-state index in [1.54, 1.807) is 0 Å². The van der Waals surface area contributed by atoms with Crippen LogP contribution in [0.1, 0.15) is 36.0 Å². The molecule has 1 aliphatic heterocycles. The van der Waals surface area contributed by atoms with Crippen molar-refractivity contribution in [2.24, 2.45) is 0 Å². The largest absolute Gasteiger partial charge is 0.381 e. The Kier molecular flexibility index (Phi) is 4.88. The summed E-state index contributed by atoms with van der Waals surface area (Å²) in [5.41, 5.74) is 6.32. The number of hydrogen-bond donors (Lipinski definition) is 2. The lowest BCUT2D eigenvalue weighted by Crippen LogP contribution is -2.29. The minimum Gasteiger partial charge on any atom is -0.381 e. The van der Waals surface area contributed by atoms with Crippen LogP contribution in [-0.2, 0) is 6.54 Å². The van der Waals surface area contributed by atoms with E-state index in [9.17, 15) is 4.79 Å². The van der Waals surface area contributed by atoms with Crippen LogP contribution in [0.2, 0.25) is 0 Å². The zero-order chi connectivity index (χ0) is 18.8. The third-order valence-corrected chi connectivity index (χ3v) is 5.46. The number of nitrogens with zero attached hydrogens (tertiary/aromatic N) is 1. The maximum Gasteiger partial charge on any atom is 0.253 e. The lowest BCUT2D eigenvalue weighted by molar-refractivity contribution is 0.578. The number of aromatic amines is 1. The molecule has 1 aromatic heterocycles. The number of nitrogens with one attached hydrogen (secondary N) is 2. The fourth-order valence-electron chi connectivity index (χ4n) is 3.99. The van der Waals surface area contributed by atoms with Gasteiger partial charge < -0.3 is 15.2 Å². The van der Waals surface area contributed by atoms with Gasteiger partial charge in [-0.05, 0) is 80.6 Å². The van der Waals surface area contributed by atoms with Crippen molar-refractivity contribution in [1.82, 2.24) is 4.98 Å². The standard InChI is InChI=1S/C23H27N3O/c1-16-12-17(2)21-14-18(23(27)25-22(21)13-16)15-24-19-6-8-20(9-7-19)26-10-4-3-5-11-26/h6-9,12-14,24H,3-5,10-11,15H2,1-2H3,(H,25,27). The van der Waals surface area contributed by atoms with Gasteiger partial charge in [0.1, 0.15) is 0 Å². The van der Waals surface area contributed by atoms with Crippen molar-refractivity contribution >= 4 is 22.3 Å². The Morgan fingerprint density at radius 3 is 2.48 bits per heavy atom. The number of aromatic nitrogens is 1. The maximum absolute atomic E-state index is 12.4. The van der Waals surface area contributed by atoms with Crippen molar-refractivity contribution in [3.63, 3.8) is 0 Å². The first kappa shape index (κ1) is 17.7. The third kappa shape index (κ3) is 3.85. The molecule has 0 unspecified atom stereocenters. The zero-order valence-electron chi connectivity index (χ0n) is 16.1. The van der Waals surface area contributed by atoms with E-state index in [0.29, 0.717) is 6.54 Å². The van der Waals surface area contributed by atoms with E-state index < -0.39 is 0 Å². The minimum absolute atomic E-state index is 0.0232. The maximum atomic E-state index is 12.4. The second-order valence-corrected chi connectivity index (χ2v) is 7.61. The molecule has 4 rings (SSSR count). The molecule has 0 atom stereocenters. The third-order valence-electron chi connectivity index (χ3n) is 5.46. The molecule has 1 saturated heterocycles. The number of aryl methyl sites for hydroxylation is 2. The Balaban J connectivity index is 1.49. The van der Waals surface area contributed by atoms with Gasteiger partial charge in [-0.2, -0.15) is 0 Å². The van der Waals surface area contributed by atoms with Crippen LogP contribution in [0.25, 0.3) is 10.9 Å². The smallest absolute Gasteiger partial charge is 0.253 e. The fourth-order valence-corrected chi connectivity index (χ4v) is 3.99. The number of H-pyrrole nitrogens is 1. The summed E-state index contributed by atoms with van der Waals surface area (Å²) in [6.07, 6.45) is 3.91. The van der Waals surface area contributed by atoms with Gasteiger partial charge in [-0.3, -0.25) is 4.79 Å². The molecule has 4 heteroatoms. The van der Waals surface area contributed by atoms with Gasteiger partial charge in [0.25, 0.3) is 5.56 Å². The number of anilines is 2. The van der Waals surface area contributed by atoms with Crippen molar-refractivity contribution in [1.29, 1.82) is 0 Å². The van der Waals surface area contributed by atoms with Gasteiger partial charge in [-0.1, -0.05) is 6.07 Å². The minimum atomic E-state index is -0.0232. The van der Waals surface area contributed by atoms with Crippen LogP contribution >= 0.6 is 0 Å². The zero-order valence-corrected chi connectivity index (χ0v) is 16.1. The predicted octanol–water partition coefficient (Wildman–Crippen LogP) is 4.75.